The van der Waals surface area contributed by atoms with Crippen LogP contribution in [-0.2, 0) is 0 Å². The van der Waals surface area contributed by atoms with Gasteiger partial charge in [-0.15, -0.1) is 0 Å². The largest absolute Gasteiger partial charge is 0.366 e. The predicted molar refractivity (Wildman–Crippen MR) is 95.0 cm³/mol. The van der Waals surface area contributed by atoms with E-state index >= 15 is 0 Å². The minimum atomic E-state index is 0.401. The number of halogens is 1. The van der Waals surface area contributed by atoms with E-state index in [0.717, 1.165) is 13.1 Å². The third-order valence-corrected chi connectivity index (χ3v) is 6.15. The highest BCUT2D eigenvalue weighted by atomic mass is 79.9. The Balaban J connectivity index is 2.21. The quantitative estimate of drug-likeness (QED) is 0.857. The lowest BCUT2D eigenvalue weighted by atomic mass is 10.1. The van der Waals surface area contributed by atoms with Gasteiger partial charge in [-0.3, -0.25) is 0 Å². The highest BCUT2D eigenvalue weighted by Crippen LogP contribution is 2.35. The van der Waals surface area contributed by atoms with E-state index in [9.17, 15) is 0 Å². The third kappa shape index (κ3) is 3.52. The topological polar surface area (TPSA) is 15.3 Å². The van der Waals surface area contributed by atoms with Crippen LogP contribution in [0.5, 0.6) is 0 Å². The summed E-state index contributed by atoms with van der Waals surface area (Å²) in [4.78, 5) is 2.53. The zero-order valence-corrected chi connectivity index (χ0v) is 15.2. The molecule has 0 bridgehead atoms. The van der Waals surface area contributed by atoms with E-state index in [1.807, 2.05) is 0 Å². The smallest absolute Gasteiger partial charge is 0.0513 e. The van der Waals surface area contributed by atoms with Gasteiger partial charge in [0.05, 0.1) is 5.69 Å². The van der Waals surface area contributed by atoms with Crippen LogP contribution in [0, 0.1) is 0 Å². The molecular weight excluding hydrogens is 332 g/mol. The molecular formula is C16H25BrN2S. The molecule has 0 amide bonds. The molecule has 4 heteroatoms. The Morgan fingerprint density at radius 1 is 1.45 bits per heavy atom. The number of hydrogen-bond donors (Lipinski definition) is 1. The highest BCUT2D eigenvalue weighted by Gasteiger charge is 2.26. The minimum absolute atomic E-state index is 0.401. The Kier molecular flexibility index (Phi) is 5.82. The molecule has 1 aliphatic rings. The van der Waals surface area contributed by atoms with Gasteiger partial charge in [-0.1, -0.05) is 19.9 Å². The van der Waals surface area contributed by atoms with Crippen molar-refractivity contribution in [2.75, 3.05) is 23.7 Å². The van der Waals surface area contributed by atoms with E-state index in [1.54, 1.807) is 0 Å². The van der Waals surface area contributed by atoms with Crippen molar-refractivity contribution >= 4 is 33.4 Å². The molecule has 1 heterocycles. The lowest BCUT2D eigenvalue weighted by Gasteiger charge is -2.39. The van der Waals surface area contributed by atoms with E-state index in [0.29, 0.717) is 17.3 Å². The lowest BCUT2D eigenvalue weighted by molar-refractivity contribution is 0.596. The fourth-order valence-electron chi connectivity index (χ4n) is 2.72. The second-order valence-electron chi connectivity index (χ2n) is 5.50. The molecule has 2 nitrogen and oxygen atoms in total. The maximum atomic E-state index is 3.77. The van der Waals surface area contributed by atoms with Crippen molar-refractivity contribution in [3.05, 3.63) is 28.2 Å². The number of nitrogens with zero attached hydrogens (tertiary/aromatic N) is 1. The second kappa shape index (κ2) is 7.19. The molecule has 1 aromatic carbocycles. The molecule has 0 spiro atoms. The van der Waals surface area contributed by atoms with Gasteiger partial charge in [0, 0.05) is 34.1 Å². The van der Waals surface area contributed by atoms with E-state index < -0.39 is 0 Å². The second-order valence-corrected chi connectivity index (χ2v) is 7.84. The summed E-state index contributed by atoms with van der Waals surface area (Å²) in [5.74, 6) is 1.22. The van der Waals surface area contributed by atoms with Gasteiger partial charge in [0.1, 0.15) is 0 Å². The van der Waals surface area contributed by atoms with Crippen LogP contribution in [0.4, 0.5) is 5.69 Å². The molecule has 1 aliphatic heterocycles. The first kappa shape index (κ1) is 16.2. The SMILES string of the molecule is CCNC(C)c1ccc(N2CCSC(C)C2C)c(Br)c1. The van der Waals surface area contributed by atoms with Crippen molar-refractivity contribution in [1.82, 2.24) is 5.32 Å². The van der Waals surface area contributed by atoms with Crippen LogP contribution in [0.25, 0.3) is 0 Å². The van der Waals surface area contributed by atoms with E-state index in [-0.39, 0.29) is 0 Å². The molecule has 0 radical (unpaired) electrons. The lowest BCUT2D eigenvalue weighted by Crippen LogP contribution is -2.44. The Morgan fingerprint density at radius 2 is 2.20 bits per heavy atom. The molecule has 112 valence electrons. The summed E-state index contributed by atoms with van der Waals surface area (Å²) in [7, 11) is 0. The number of thioether (sulfide) groups is 1. The Morgan fingerprint density at radius 3 is 2.85 bits per heavy atom. The van der Waals surface area contributed by atoms with Crippen molar-refractivity contribution in [1.29, 1.82) is 0 Å². The summed E-state index contributed by atoms with van der Waals surface area (Å²) in [6, 6.07) is 7.78. The summed E-state index contributed by atoms with van der Waals surface area (Å²) in [6.45, 7) is 11.2. The molecule has 1 aromatic rings. The molecule has 2 rings (SSSR count). The third-order valence-electron chi connectivity index (χ3n) is 4.18. The van der Waals surface area contributed by atoms with Crippen LogP contribution in [0.3, 0.4) is 0 Å². The molecule has 1 N–H and O–H groups in total. The summed E-state index contributed by atoms with van der Waals surface area (Å²) in [5, 5.41) is 4.16. The minimum Gasteiger partial charge on any atom is -0.366 e. The van der Waals surface area contributed by atoms with Crippen molar-refractivity contribution in [3.8, 4) is 0 Å². The van der Waals surface area contributed by atoms with Crippen molar-refractivity contribution in [2.45, 2.75) is 45.0 Å². The average Bonchev–Trinajstić information content (AvgIpc) is 2.42. The molecule has 0 saturated carbocycles. The van der Waals surface area contributed by atoms with Gasteiger partial charge in [-0.25, -0.2) is 0 Å². The fraction of sp³-hybridized carbons (Fsp3) is 0.625. The molecule has 20 heavy (non-hydrogen) atoms. The molecule has 1 fully saturated rings. The van der Waals surface area contributed by atoms with Crippen LogP contribution in [0.1, 0.15) is 39.3 Å². The summed E-state index contributed by atoms with van der Waals surface area (Å²) in [6.07, 6.45) is 0. The molecule has 3 unspecified atom stereocenters. The van der Waals surface area contributed by atoms with Gasteiger partial charge >= 0.3 is 0 Å². The van der Waals surface area contributed by atoms with Gasteiger partial charge in [-0.05, 0) is 54.0 Å². The van der Waals surface area contributed by atoms with Gasteiger partial charge in [-0.2, -0.15) is 11.8 Å². The standard InChI is InChI=1S/C16H25BrN2S/c1-5-18-11(2)14-6-7-16(15(17)10-14)19-8-9-20-13(4)12(19)3/h6-7,10-13,18H,5,8-9H2,1-4H3. The van der Waals surface area contributed by atoms with E-state index in [4.69, 9.17) is 0 Å². The molecule has 1 saturated heterocycles. The van der Waals surface area contributed by atoms with Gasteiger partial charge in [0.15, 0.2) is 0 Å². The van der Waals surface area contributed by atoms with Crippen LogP contribution in [0.2, 0.25) is 0 Å². The highest BCUT2D eigenvalue weighted by molar-refractivity contribution is 9.10. The Hall–Kier alpha value is -0.190. The maximum absolute atomic E-state index is 3.77. The predicted octanol–water partition coefficient (Wildman–Crippen LogP) is 4.45. The van der Waals surface area contributed by atoms with E-state index in [2.05, 4.69) is 83.8 Å². The summed E-state index contributed by atoms with van der Waals surface area (Å²) >= 11 is 5.85. The molecule has 0 aliphatic carbocycles. The molecule has 0 aromatic heterocycles. The zero-order valence-electron chi connectivity index (χ0n) is 12.8. The first-order chi connectivity index (χ1) is 9.54. The van der Waals surface area contributed by atoms with Crippen molar-refractivity contribution in [3.63, 3.8) is 0 Å². The van der Waals surface area contributed by atoms with Gasteiger partial charge in [0.2, 0.25) is 0 Å². The van der Waals surface area contributed by atoms with Gasteiger partial charge in [0.25, 0.3) is 0 Å². The molecule has 3 atom stereocenters. The normalized spacial score (nSPS) is 24.8. The Labute approximate surface area is 135 Å². The van der Waals surface area contributed by atoms with Crippen LogP contribution in [-0.4, -0.2) is 30.1 Å². The number of rotatable bonds is 4. The van der Waals surface area contributed by atoms with Crippen LogP contribution >= 0.6 is 27.7 Å². The monoisotopic (exact) mass is 356 g/mol. The zero-order chi connectivity index (χ0) is 14.7. The van der Waals surface area contributed by atoms with Crippen LogP contribution in [0.15, 0.2) is 22.7 Å². The average molecular weight is 357 g/mol. The Bertz CT molecular complexity index is 452. The number of nitrogens with one attached hydrogen (secondary N) is 1. The van der Waals surface area contributed by atoms with Crippen LogP contribution < -0.4 is 10.2 Å². The number of hydrogen-bond acceptors (Lipinski definition) is 3. The van der Waals surface area contributed by atoms with Gasteiger partial charge < -0.3 is 10.2 Å². The number of anilines is 1. The van der Waals surface area contributed by atoms with Crippen molar-refractivity contribution in [2.24, 2.45) is 0 Å². The maximum Gasteiger partial charge on any atom is 0.0513 e. The van der Waals surface area contributed by atoms with Crippen molar-refractivity contribution < 1.29 is 0 Å². The number of benzene rings is 1. The summed E-state index contributed by atoms with van der Waals surface area (Å²) in [5.41, 5.74) is 2.67. The first-order valence-corrected chi connectivity index (χ1v) is 9.29. The van der Waals surface area contributed by atoms with E-state index in [1.165, 1.54) is 21.5 Å². The summed E-state index contributed by atoms with van der Waals surface area (Å²) < 4.78 is 1.21. The first-order valence-electron chi connectivity index (χ1n) is 7.45. The fourth-order valence-corrected chi connectivity index (χ4v) is 4.45.